The molecule has 2 atom stereocenters. The van der Waals surface area contributed by atoms with Gasteiger partial charge in [-0.2, -0.15) is 0 Å². The van der Waals surface area contributed by atoms with Crippen LogP contribution in [0.1, 0.15) is 12.8 Å². The number of benzene rings is 1. The van der Waals surface area contributed by atoms with Gasteiger partial charge in [-0.25, -0.2) is 0 Å². The molecule has 2 unspecified atom stereocenters. The van der Waals surface area contributed by atoms with Crippen molar-refractivity contribution in [3.05, 3.63) is 30.3 Å². The van der Waals surface area contributed by atoms with Crippen LogP contribution >= 0.6 is 0 Å². The number of rotatable bonds is 4. The Morgan fingerprint density at radius 1 is 1.40 bits per heavy atom. The predicted octanol–water partition coefficient (Wildman–Crippen LogP) is 1.64. The molecule has 0 radical (unpaired) electrons. The highest BCUT2D eigenvalue weighted by molar-refractivity contribution is 5.43. The van der Waals surface area contributed by atoms with Crippen LogP contribution in [0.15, 0.2) is 30.3 Å². The molecule has 1 aliphatic rings. The lowest BCUT2D eigenvalue weighted by Crippen LogP contribution is -2.36. The molecule has 1 aliphatic heterocycles. The van der Waals surface area contributed by atoms with Gasteiger partial charge in [0, 0.05) is 12.3 Å². The van der Waals surface area contributed by atoms with E-state index < -0.39 is 0 Å². The van der Waals surface area contributed by atoms with Crippen molar-refractivity contribution in [2.45, 2.75) is 25.0 Å². The molecule has 82 valence electrons. The summed E-state index contributed by atoms with van der Waals surface area (Å²) in [5.74, 6) is 0. The van der Waals surface area contributed by atoms with E-state index in [-0.39, 0.29) is 18.8 Å². The van der Waals surface area contributed by atoms with Crippen LogP contribution in [0.2, 0.25) is 0 Å². The van der Waals surface area contributed by atoms with Crippen LogP contribution in [0.3, 0.4) is 0 Å². The standard InChI is InChI=1S/C12H17NO2/c14-9-11(12-7-4-8-15-12)13-10-5-2-1-3-6-10/h1-3,5-6,11-14H,4,7-9H2. The number of hydrogen-bond donors (Lipinski definition) is 2. The fourth-order valence-corrected chi connectivity index (χ4v) is 1.92. The van der Waals surface area contributed by atoms with Crippen LogP contribution in [-0.2, 0) is 4.74 Å². The first kappa shape index (κ1) is 10.5. The molecule has 0 spiro atoms. The minimum Gasteiger partial charge on any atom is -0.394 e. The average molecular weight is 207 g/mol. The number of nitrogens with one attached hydrogen (secondary N) is 1. The highest BCUT2D eigenvalue weighted by atomic mass is 16.5. The van der Waals surface area contributed by atoms with Crippen molar-refractivity contribution in [1.82, 2.24) is 0 Å². The van der Waals surface area contributed by atoms with Crippen LogP contribution in [0, 0.1) is 0 Å². The summed E-state index contributed by atoms with van der Waals surface area (Å²) >= 11 is 0. The Morgan fingerprint density at radius 2 is 2.20 bits per heavy atom. The Morgan fingerprint density at radius 3 is 2.80 bits per heavy atom. The van der Waals surface area contributed by atoms with Gasteiger partial charge in [0.05, 0.1) is 18.8 Å². The zero-order chi connectivity index (χ0) is 10.5. The van der Waals surface area contributed by atoms with Gasteiger partial charge in [0.15, 0.2) is 0 Å². The summed E-state index contributed by atoms with van der Waals surface area (Å²) in [6.45, 7) is 0.928. The Hall–Kier alpha value is -1.06. The molecule has 0 aliphatic carbocycles. The molecule has 0 bridgehead atoms. The summed E-state index contributed by atoms with van der Waals surface area (Å²) in [5.41, 5.74) is 1.03. The summed E-state index contributed by atoms with van der Waals surface area (Å²) in [7, 11) is 0. The third-order valence-corrected chi connectivity index (χ3v) is 2.74. The molecule has 15 heavy (non-hydrogen) atoms. The van der Waals surface area contributed by atoms with Gasteiger partial charge in [0.2, 0.25) is 0 Å². The molecule has 1 aromatic carbocycles. The van der Waals surface area contributed by atoms with Crippen LogP contribution < -0.4 is 5.32 Å². The minimum atomic E-state index is 0.00917. The lowest BCUT2D eigenvalue weighted by Gasteiger charge is -2.23. The summed E-state index contributed by atoms with van der Waals surface area (Å²) in [4.78, 5) is 0. The van der Waals surface area contributed by atoms with Gasteiger partial charge in [-0.1, -0.05) is 18.2 Å². The molecule has 1 heterocycles. The number of aliphatic hydroxyl groups is 1. The first-order valence-corrected chi connectivity index (χ1v) is 5.44. The molecule has 0 amide bonds. The van der Waals surface area contributed by atoms with E-state index in [9.17, 15) is 5.11 Å². The van der Waals surface area contributed by atoms with Crippen molar-refractivity contribution in [3.63, 3.8) is 0 Å². The predicted molar refractivity (Wildman–Crippen MR) is 59.9 cm³/mol. The second kappa shape index (κ2) is 5.14. The van der Waals surface area contributed by atoms with Crippen molar-refractivity contribution < 1.29 is 9.84 Å². The van der Waals surface area contributed by atoms with Crippen molar-refractivity contribution in [3.8, 4) is 0 Å². The first-order chi connectivity index (χ1) is 7.40. The molecular formula is C12H17NO2. The third-order valence-electron chi connectivity index (χ3n) is 2.74. The Bertz CT molecular complexity index is 283. The molecule has 1 aromatic rings. The number of ether oxygens (including phenoxy) is 1. The molecule has 0 aromatic heterocycles. The van der Waals surface area contributed by atoms with E-state index in [0.29, 0.717) is 0 Å². The summed E-state index contributed by atoms with van der Waals surface area (Å²) in [6, 6.07) is 9.94. The first-order valence-electron chi connectivity index (χ1n) is 5.44. The van der Waals surface area contributed by atoms with E-state index in [4.69, 9.17) is 4.74 Å². The smallest absolute Gasteiger partial charge is 0.0799 e. The van der Waals surface area contributed by atoms with Crippen LogP contribution in [0.4, 0.5) is 5.69 Å². The Balaban J connectivity index is 1.96. The van der Waals surface area contributed by atoms with E-state index in [2.05, 4.69) is 5.32 Å². The number of anilines is 1. The maximum absolute atomic E-state index is 9.31. The van der Waals surface area contributed by atoms with Gasteiger partial charge < -0.3 is 15.2 Å². The quantitative estimate of drug-likeness (QED) is 0.788. The van der Waals surface area contributed by atoms with Gasteiger partial charge in [0.1, 0.15) is 0 Å². The average Bonchev–Trinajstić information content (AvgIpc) is 2.81. The molecule has 3 nitrogen and oxygen atoms in total. The van der Waals surface area contributed by atoms with Crippen LogP contribution in [0.5, 0.6) is 0 Å². The topological polar surface area (TPSA) is 41.5 Å². The third kappa shape index (κ3) is 2.70. The van der Waals surface area contributed by atoms with Gasteiger partial charge >= 0.3 is 0 Å². The van der Waals surface area contributed by atoms with E-state index in [1.54, 1.807) is 0 Å². The largest absolute Gasteiger partial charge is 0.394 e. The van der Waals surface area contributed by atoms with Crippen LogP contribution in [0.25, 0.3) is 0 Å². The van der Waals surface area contributed by atoms with Gasteiger partial charge in [-0.15, -0.1) is 0 Å². The SMILES string of the molecule is OCC(Nc1ccccc1)C1CCCO1. The molecule has 1 fully saturated rings. The molecule has 1 saturated heterocycles. The molecule has 2 N–H and O–H groups in total. The minimum absolute atomic E-state index is 0.00917. The van der Waals surface area contributed by atoms with Gasteiger partial charge in [-0.3, -0.25) is 0 Å². The molecule has 2 rings (SSSR count). The molecule has 3 heteroatoms. The lowest BCUT2D eigenvalue weighted by atomic mass is 10.1. The van der Waals surface area contributed by atoms with Crippen molar-refractivity contribution in [1.29, 1.82) is 0 Å². The van der Waals surface area contributed by atoms with Crippen LogP contribution in [-0.4, -0.2) is 30.5 Å². The van der Waals surface area contributed by atoms with Crippen molar-refractivity contribution in [2.75, 3.05) is 18.5 Å². The van der Waals surface area contributed by atoms with E-state index in [1.165, 1.54) is 0 Å². The zero-order valence-electron chi connectivity index (χ0n) is 8.73. The molecular weight excluding hydrogens is 190 g/mol. The van der Waals surface area contributed by atoms with Gasteiger partial charge in [-0.05, 0) is 25.0 Å². The Labute approximate surface area is 90.1 Å². The number of aliphatic hydroxyl groups excluding tert-OH is 1. The monoisotopic (exact) mass is 207 g/mol. The van der Waals surface area contributed by atoms with Gasteiger partial charge in [0.25, 0.3) is 0 Å². The maximum Gasteiger partial charge on any atom is 0.0799 e. The second-order valence-electron chi connectivity index (χ2n) is 3.85. The fourth-order valence-electron chi connectivity index (χ4n) is 1.92. The van der Waals surface area contributed by atoms with E-state index in [0.717, 1.165) is 25.1 Å². The number of hydrogen-bond acceptors (Lipinski definition) is 3. The second-order valence-corrected chi connectivity index (χ2v) is 3.85. The Kier molecular flexibility index (Phi) is 3.59. The normalized spacial score (nSPS) is 22.6. The maximum atomic E-state index is 9.31. The van der Waals surface area contributed by atoms with E-state index >= 15 is 0 Å². The molecule has 0 saturated carbocycles. The van der Waals surface area contributed by atoms with Crippen molar-refractivity contribution >= 4 is 5.69 Å². The highest BCUT2D eigenvalue weighted by Gasteiger charge is 2.24. The summed E-state index contributed by atoms with van der Waals surface area (Å²) < 4.78 is 5.56. The lowest BCUT2D eigenvalue weighted by molar-refractivity contribution is 0.0758. The van der Waals surface area contributed by atoms with E-state index in [1.807, 2.05) is 30.3 Å². The summed E-state index contributed by atoms with van der Waals surface area (Å²) in [5, 5.41) is 12.6. The highest BCUT2D eigenvalue weighted by Crippen LogP contribution is 2.18. The van der Waals surface area contributed by atoms with Crippen molar-refractivity contribution in [2.24, 2.45) is 0 Å². The zero-order valence-corrected chi connectivity index (χ0v) is 8.73. The fraction of sp³-hybridized carbons (Fsp3) is 0.500. The summed E-state index contributed by atoms with van der Waals surface area (Å²) in [6.07, 6.45) is 2.28. The number of para-hydroxylation sites is 1.